The van der Waals surface area contributed by atoms with Crippen LogP contribution in [0.1, 0.15) is 27.7 Å². The van der Waals surface area contributed by atoms with Gasteiger partial charge in [0, 0.05) is 51.0 Å². The van der Waals surface area contributed by atoms with Crippen LogP contribution in [0.15, 0.2) is 42.7 Å². The molecule has 0 radical (unpaired) electrons. The molecule has 1 saturated heterocycles. The van der Waals surface area contributed by atoms with Crippen LogP contribution in [0.25, 0.3) is 22.2 Å². The highest BCUT2D eigenvalue weighted by Crippen LogP contribution is 2.35. The van der Waals surface area contributed by atoms with Crippen molar-refractivity contribution in [3.05, 3.63) is 47.7 Å². The number of carbonyl (C=O) groups excluding carboxylic acids is 4. The van der Waals surface area contributed by atoms with Gasteiger partial charge in [-0.15, -0.1) is 0 Å². The zero-order valence-electron chi connectivity index (χ0n) is 22.0. The van der Waals surface area contributed by atoms with Gasteiger partial charge in [0.05, 0.1) is 5.02 Å². The molecule has 2 aromatic heterocycles. The summed E-state index contributed by atoms with van der Waals surface area (Å²) in [6.45, 7) is 4.23. The average molecular weight is 575 g/mol. The van der Waals surface area contributed by atoms with Crippen molar-refractivity contribution < 1.29 is 47.6 Å². The third-order valence-corrected chi connectivity index (χ3v) is 6.15. The van der Waals surface area contributed by atoms with Crippen LogP contribution in [0, 0.1) is 0 Å². The van der Waals surface area contributed by atoms with Gasteiger partial charge >= 0.3 is 23.9 Å². The highest BCUT2D eigenvalue weighted by Gasteiger charge is 2.53. The highest BCUT2D eigenvalue weighted by molar-refractivity contribution is 6.32. The first-order valence-electron chi connectivity index (χ1n) is 12.2. The van der Waals surface area contributed by atoms with Crippen molar-refractivity contribution in [3.8, 4) is 16.9 Å². The molecule has 40 heavy (non-hydrogen) atoms. The maximum atomic E-state index is 12.0. The molecule has 0 spiro atoms. The summed E-state index contributed by atoms with van der Waals surface area (Å²) in [7, 11) is 0. The van der Waals surface area contributed by atoms with E-state index in [1.165, 1.54) is 6.92 Å². The van der Waals surface area contributed by atoms with Crippen molar-refractivity contribution in [1.29, 1.82) is 0 Å². The van der Waals surface area contributed by atoms with Gasteiger partial charge in [-0.3, -0.25) is 19.2 Å². The molecule has 13 heteroatoms. The summed E-state index contributed by atoms with van der Waals surface area (Å²) in [4.78, 5) is 54.9. The Balaban J connectivity index is 1.66. The van der Waals surface area contributed by atoms with Crippen molar-refractivity contribution in [2.24, 2.45) is 0 Å². The fourth-order valence-corrected chi connectivity index (χ4v) is 4.51. The van der Waals surface area contributed by atoms with Crippen molar-refractivity contribution in [2.45, 2.75) is 58.4 Å². The first-order chi connectivity index (χ1) is 19.0. The van der Waals surface area contributed by atoms with Gasteiger partial charge in [0.1, 0.15) is 24.1 Å². The fourth-order valence-electron chi connectivity index (χ4n) is 4.28. The Labute approximate surface area is 233 Å². The summed E-state index contributed by atoms with van der Waals surface area (Å²) < 4.78 is 33.3. The van der Waals surface area contributed by atoms with E-state index in [-0.39, 0.29) is 17.4 Å². The Hall–Kier alpha value is -4.16. The number of ether oxygens (including phenoxy) is 6. The van der Waals surface area contributed by atoms with Gasteiger partial charge in [0.25, 0.3) is 0 Å². The molecule has 1 aliphatic heterocycles. The van der Waals surface area contributed by atoms with E-state index in [1.54, 1.807) is 30.6 Å². The molecule has 1 N–H and O–H groups in total. The molecule has 0 aliphatic carbocycles. The summed E-state index contributed by atoms with van der Waals surface area (Å²) in [5.74, 6) is -2.69. The number of esters is 4. The van der Waals surface area contributed by atoms with Crippen LogP contribution in [-0.4, -0.2) is 71.2 Å². The average Bonchev–Trinajstić information content (AvgIpc) is 3.34. The van der Waals surface area contributed by atoms with Crippen molar-refractivity contribution in [3.63, 3.8) is 0 Å². The normalized spacial score (nSPS) is 22.3. The standard InChI is InChI=1S/C27H27ClN2O10/c1-13(31)35-12-22-23(36-14(2)32)24(37-15(3)33)25(38-16(4)34)27(40-22)39-21-6-5-17(10-20(21)28)19-9-18-7-8-29-26(18)30-11-19/h5-11,22-25,27H,12H2,1-4H3,(H,29,30)/t22?,23-,24?,25?,27+/m1/s1. The predicted octanol–water partition coefficient (Wildman–Crippen LogP) is 3.35. The van der Waals surface area contributed by atoms with Crippen molar-refractivity contribution in [2.75, 3.05) is 6.61 Å². The molecule has 3 heterocycles. The molecule has 1 aromatic carbocycles. The zero-order valence-corrected chi connectivity index (χ0v) is 22.8. The Morgan fingerprint density at radius 2 is 1.55 bits per heavy atom. The Morgan fingerprint density at radius 1 is 0.875 bits per heavy atom. The van der Waals surface area contributed by atoms with E-state index < -0.39 is 54.6 Å². The first kappa shape index (κ1) is 28.8. The molecule has 12 nitrogen and oxygen atoms in total. The second-order valence-electron chi connectivity index (χ2n) is 8.97. The number of aromatic nitrogens is 2. The summed E-state index contributed by atoms with van der Waals surface area (Å²) in [5.41, 5.74) is 2.32. The van der Waals surface area contributed by atoms with Crippen LogP contribution >= 0.6 is 11.6 Å². The number of fused-ring (bicyclic) bond motifs is 1. The lowest BCUT2D eigenvalue weighted by atomic mass is 9.98. The van der Waals surface area contributed by atoms with Crippen LogP contribution in [-0.2, 0) is 42.9 Å². The number of hydrogen-bond donors (Lipinski definition) is 1. The van der Waals surface area contributed by atoms with Crippen molar-refractivity contribution >= 4 is 46.5 Å². The Morgan fingerprint density at radius 3 is 2.20 bits per heavy atom. The minimum absolute atomic E-state index is 0.155. The van der Waals surface area contributed by atoms with Gasteiger partial charge in [-0.2, -0.15) is 0 Å². The number of halogens is 1. The number of rotatable bonds is 8. The molecule has 4 rings (SSSR count). The number of pyridine rings is 1. The molecule has 0 amide bonds. The summed E-state index contributed by atoms with van der Waals surface area (Å²) in [5, 5.41) is 1.12. The zero-order chi connectivity index (χ0) is 29.0. The predicted molar refractivity (Wildman–Crippen MR) is 139 cm³/mol. The molecule has 3 unspecified atom stereocenters. The van der Waals surface area contributed by atoms with E-state index >= 15 is 0 Å². The Kier molecular flexibility index (Phi) is 8.90. The SMILES string of the molecule is CC(=O)OCC1O[C@H](Oc2ccc(-c3cnc4[nH]ccc4c3)cc2Cl)C(OC(C)=O)C(OC(C)=O)[C@@H]1OC(C)=O. The third-order valence-electron chi connectivity index (χ3n) is 5.86. The highest BCUT2D eigenvalue weighted by atomic mass is 35.5. The minimum atomic E-state index is -1.40. The maximum Gasteiger partial charge on any atom is 0.303 e. The van der Waals surface area contributed by atoms with Crippen LogP contribution < -0.4 is 4.74 Å². The minimum Gasteiger partial charge on any atom is -0.463 e. The van der Waals surface area contributed by atoms with E-state index in [4.69, 9.17) is 40.0 Å². The molecule has 1 fully saturated rings. The smallest absolute Gasteiger partial charge is 0.303 e. The molecule has 0 bridgehead atoms. The second-order valence-corrected chi connectivity index (χ2v) is 9.38. The monoisotopic (exact) mass is 574 g/mol. The fraction of sp³-hybridized carbons (Fsp3) is 0.370. The van der Waals surface area contributed by atoms with Crippen LogP contribution in [0.5, 0.6) is 5.75 Å². The number of nitrogens with one attached hydrogen (secondary N) is 1. The number of nitrogens with zero attached hydrogens (tertiary/aromatic N) is 1. The van der Waals surface area contributed by atoms with Crippen LogP contribution in [0.2, 0.25) is 5.02 Å². The number of hydrogen-bond acceptors (Lipinski definition) is 11. The number of aromatic amines is 1. The van der Waals surface area contributed by atoms with Crippen LogP contribution in [0.3, 0.4) is 0 Å². The second kappa shape index (κ2) is 12.3. The van der Waals surface area contributed by atoms with Gasteiger partial charge < -0.3 is 33.4 Å². The molecular formula is C27H27ClN2O10. The van der Waals surface area contributed by atoms with Gasteiger partial charge in [-0.05, 0) is 29.8 Å². The van der Waals surface area contributed by atoms with Gasteiger partial charge in [-0.1, -0.05) is 17.7 Å². The van der Waals surface area contributed by atoms with E-state index in [1.807, 2.05) is 12.1 Å². The largest absolute Gasteiger partial charge is 0.463 e. The molecule has 5 atom stereocenters. The number of benzene rings is 1. The maximum absolute atomic E-state index is 12.0. The molecule has 1 aliphatic rings. The summed E-state index contributed by atoms with van der Waals surface area (Å²) >= 11 is 6.57. The topological polar surface area (TPSA) is 152 Å². The van der Waals surface area contributed by atoms with Gasteiger partial charge in [0.15, 0.2) is 12.2 Å². The molecular weight excluding hydrogens is 548 g/mol. The van der Waals surface area contributed by atoms with Gasteiger partial charge in [-0.25, -0.2) is 4.98 Å². The van der Waals surface area contributed by atoms with E-state index in [0.717, 1.165) is 42.9 Å². The lowest BCUT2D eigenvalue weighted by molar-refractivity contribution is -0.288. The molecule has 3 aromatic rings. The van der Waals surface area contributed by atoms with E-state index in [0.29, 0.717) is 0 Å². The number of H-pyrrole nitrogens is 1. The molecule has 0 saturated carbocycles. The summed E-state index contributed by atoms with van der Waals surface area (Å²) in [6.07, 6.45) is -3.09. The first-order valence-corrected chi connectivity index (χ1v) is 12.6. The lowest BCUT2D eigenvalue weighted by Crippen LogP contribution is -2.63. The lowest BCUT2D eigenvalue weighted by Gasteiger charge is -2.44. The quantitative estimate of drug-likeness (QED) is 0.311. The van der Waals surface area contributed by atoms with E-state index in [9.17, 15) is 19.2 Å². The number of carbonyl (C=O) groups is 4. The van der Waals surface area contributed by atoms with Crippen LogP contribution in [0.4, 0.5) is 0 Å². The van der Waals surface area contributed by atoms with Crippen molar-refractivity contribution in [1.82, 2.24) is 9.97 Å². The van der Waals surface area contributed by atoms with E-state index in [2.05, 4.69) is 9.97 Å². The van der Waals surface area contributed by atoms with Gasteiger partial charge in [0.2, 0.25) is 12.4 Å². The molecule has 212 valence electrons. The third kappa shape index (κ3) is 6.88. The summed E-state index contributed by atoms with van der Waals surface area (Å²) in [6, 6.07) is 8.85. The Bertz CT molecular complexity index is 1420.